The molecule has 2 aromatic heterocycles. The van der Waals surface area contributed by atoms with Crippen molar-refractivity contribution in [1.82, 2.24) is 15.8 Å². The first-order valence-corrected chi connectivity index (χ1v) is 31.4. The van der Waals surface area contributed by atoms with Crippen LogP contribution < -0.4 is 30.1 Å². The lowest BCUT2D eigenvalue weighted by Gasteiger charge is -2.09. The highest BCUT2D eigenvalue weighted by Crippen LogP contribution is 2.37. The van der Waals surface area contributed by atoms with E-state index in [9.17, 15) is 26.4 Å². The van der Waals surface area contributed by atoms with Crippen molar-refractivity contribution in [3.8, 4) is 29.4 Å². The van der Waals surface area contributed by atoms with E-state index in [0.29, 0.717) is 97.1 Å². The molecule has 0 saturated carbocycles. The summed E-state index contributed by atoms with van der Waals surface area (Å²) in [4.78, 5) is 9.45. The number of ether oxygens (including phenoxy) is 3. The quantitative estimate of drug-likeness (QED) is 0.0432. The number of sulfonamides is 1. The third kappa shape index (κ3) is 23.4. The first kappa shape index (κ1) is 76.0. The summed E-state index contributed by atoms with van der Waals surface area (Å²) in [5.41, 5.74) is 10.7. The number of aliphatic hydroxyl groups is 1. The number of rotatable bonds is 12. The number of aliphatic hydroxyl groups excluding tert-OH is 1. The summed E-state index contributed by atoms with van der Waals surface area (Å²) >= 11 is 70.2. The molecule has 0 aliphatic carbocycles. The average molecular weight is 1520 g/mol. The van der Waals surface area contributed by atoms with Gasteiger partial charge in [0, 0.05) is 31.2 Å². The Hall–Kier alpha value is -6.71. The molecule has 0 bridgehead atoms. The maximum atomic E-state index is 13.5. The number of anilines is 2. The topological polar surface area (TPSA) is 269 Å². The molecule has 0 atom stereocenters. The normalized spacial score (nSPS) is 10.4. The fourth-order valence-corrected chi connectivity index (χ4v) is 9.31. The number of fused-ring (bicyclic) bond motifs is 2. The number of carbonyl (C=O) groups excluding carboxylic acids is 1. The van der Waals surface area contributed by atoms with Gasteiger partial charge in [-0.3, -0.25) is 14.7 Å². The fraction of sp³-hybridized carbons (Fsp3) is 0.102. The van der Waals surface area contributed by atoms with Crippen LogP contribution in [-0.2, 0) is 41.2 Å². The van der Waals surface area contributed by atoms with Crippen LogP contribution in [0.1, 0.15) is 40.3 Å². The monoisotopic (exact) mass is 1510 g/mol. The van der Waals surface area contributed by atoms with Gasteiger partial charge in [-0.1, -0.05) is 174 Å². The zero-order valence-electron chi connectivity index (χ0n) is 46.5. The van der Waals surface area contributed by atoms with Crippen molar-refractivity contribution in [3.05, 3.63) is 232 Å². The number of hydrogen-bond acceptors (Lipinski definition) is 15. The number of hydrogen-bond donors (Lipinski definition) is 5. The molecule has 0 aliphatic rings. The summed E-state index contributed by atoms with van der Waals surface area (Å²) in [5, 5.41) is 45.9. The first-order chi connectivity index (χ1) is 43.4. The molecule has 10 rings (SSSR count). The fourth-order valence-electron chi connectivity index (χ4n) is 6.71. The van der Waals surface area contributed by atoms with Gasteiger partial charge in [0.15, 0.2) is 22.8 Å². The Kier molecular flexibility index (Phi) is 29.8. The van der Waals surface area contributed by atoms with Crippen molar-refractivity contribution in [1.29, 1.82) is 10.5 Å². The lowest BCUT2D eigenvalue weighted by Crippen LogP contribution is -2.12. The minimum atomic E-state index is -3.49. The van der Waals surface area contributed by atoms with Crippen molar-refractivity contribution in [2.24, 2.45) is 0 Å². The van der Waals surface area contributed by atoms with Crippen molar-refractivity contribution in [2.45, 2.75) is 33.4 Å². The molecular formula is C59H40Cl12F3N7O10S. The van der Waals surface area contributed by atoms with E-state index in [4.69, 9.17) is 189 Å². The Labute approximate surface area is 582 Å². The van der Waals surface area contributed by atoms with E-state index in [0.717, 1.165) is 40.6 Å². The van der Waals surface area contributed by atoms with Crippen LogP contribution in [-0.4, -0.2) is 41.2 Å². The van der Waals surface area contributed by atoms with Crippen LogP contribution in [0.3, 0.4) is 0 Å². The summed E-state index contributed by atoms with van der Waals surface area (Å²) in [5.74, 6) is -1.51. The van der Waals surface area contributed by atoms with Gasteiger partial charge in [0.05, 0.1) is 95.0 Å². The Morgan fingerprint density at radius 3 is 1.28 bits per heavy atom. The highest BCUT2D eigenvalue weighted by molar-refractivity contribution is 7.92. The van der Waals surface area contributed by atoms with E-state index < -0.39 is 33.4 Å². The largest absolute Gasteiger partial charge is 0.487 e. The molecule has 0 radical (unpaired) electrons. The second kappa shape index (κ2) is 36.1. The third-order valence-electron chi connectivity index (χ3n) is 11.1. The molecule has 482 valence electrons. The van der Waals surface area contributed by atoms with Crippen molar-refractivity contribution >= 4 is 189 Å². The zero-order valence-corrected chi connectivity index (χ0v) is 56.4. The van der Waals surface area contributed by atoms with Gasteiger partial charge >= 0.3 is 0 Å². The highest BCUT2D eigenvalue weighted by Gasteiger charge is 2.17. The summed E-state index contributed by atoms with van der Waals surface area (Å²) < 4.78 is 90.3. The van der Waals surface area contributed by atoms with Crippen molar-refractivity contribution < 1.29 is 60.0 Å². The standard InChI is InChI=1S/C15H11Cl3N2O4S.C14H7Cl3FNO.C14H9Cl3N2O2.C7H6Cl2O.C7H2ClF2N.C2H5NO2/c1-25(21,22)20-15-9-5-12(18)14(6-13(9)24-19-15)23-7-8-2-3-10(16)11(17)4-8;15-10-2-1-8(3-11(10)16)7-20-14-5-13(18)9(6-19)4-12(14)17;15-9-2-1-7(3-10(9)16)6-20-13-5-12-8(4-11(13)17)14(18)19-21-12;8-6-2-1-5(4-10)3-7(6)9;8-5-1-4(3-11)6(9)2-7(5)10;1-2(4)3-5/h2-6H,7H2,1H3,(H,19,20);1-5H,7H2;1-5H,6H2,(H2,18,19);1-3,10H,4H2;1-2H;5H,1H3,(H,3,4). The zero-order chi connectivity index (χ0) is 68.1. The van der Waals surface area contributed by atoms with Gasteiger partial charge in [-0.05, 0) is 95.1 Å². The Balaban J connectivity index is 0.000000212. The number of nitrogens with zero attached hydrogens (tertiary/aromatic N) is 4. The molecular weight excluding hydrogens is 1480 g/mol. The second-order valence-corrected chi connectivity index (χ2v) is 24.6. The van der Waals surface area contributed by atoms with E-state index in [2.05, 4.69) is 15.0 Å². The third-order valence-corrected chi connectivity index (χ3v) is 15.8. The summed E-state index contributed by atoms with van der Waals surface area (Å²) in [6.07, 6.45) is 1.02. The number of nitrogen functional groups attached to an aromatic ring is 1. The Morgan fingerprint density at radius 1 is 0.522 bits per heavy atom. The molecule has 1 amide bonds. The van der Waals surface area contributed by atoms with Crippen molar-refractivity contribution in [3.63, 3.8) is 0 Å². The molecule has 0 unspecified atom stereocenters. The van der Waals surface area contributed by atoms with Crippen LogP contribution >= 0.6 is 139 Å². The van der Waals surface area contributed by atoms with Crippen molar-refractivity contribution in [2.75, 3.05) is 16.7 Å². The number of nitrogens with two attached hydrogens (primary N) is 1. The summed E-state index contributed by atoms with van der Waals surface area (Å²) in [6, 6.07) is 33.9. The van der Waals surface area contributed by atoms with Gasteiger partial charge < -0.3 is 34.1 Å². The van der Waals surface area contributed by atoms with E-state index in [-0.39, 0.29) is 57.6 Å². The lowest BCUT2D eigenvalue weighted by atomic mass is 10.2. The van der Waals surface area contributed by atoms with E-state index >= 15 is 0 Å². The highest BCUT2D eigenvalue weighted by atomic mass is 35.5. The maximum Gasteiger partial charge on any atom is 0.240 e. The molecule has 0 aliphatic heterocycles. The number of nitriles is 2. The van der Waals surface area contributed by atoms with E-state index in [1.807, 2.05) is 6.07 Å². The Morgan fingerprint density at radius 2 is 0.880 bits per heavy atom. The molecule has 6 N–H and O–H groups in total. The molecule has 17 nitrogen and oxygen atoms in total. The molecule has 33 heteroatoms. The van der Waals surface area contributed by atoms with Crippen LogP contribution in [0.25, 0.3) is 21.9 Å². The SMILES string of the molecule is CC(=O)NO.CS(=O)(=O)Nc1noc2cc(OCc3ccc(Cl)c(Cl)c3)c(Cl)cc12.N#Cc1cc(Cl)c(F)cc1F.N#Cc1cc(Cl)c(OCc2ccc(Cl)c(Cl)c2)cc1F.Nc1noc2cc(OCc3ccc(Cl)c(Cl)c3)c(Cl)cc12.OCc1ccc(Cl)c(Cl)c1. The predicted molar refractivity (Wildman–Crippen MR) is 353 cm³/mol. The van der Waals surface area contributed by atoms with E-state index in [1.54, 1.807) is 84.9 Å². The Bertz CT molecular complexity index is 4490. The van der Waals surface area contributed by atoms with Crippen LogP contribution in [0.2, 0.25) is 60.3 Å². The molecule has 0 spiro atoms. The van der Waals surface area contributed by atoms with Crippen LogP contribution in [0.15, 0.2) is 130 Å². The molecule has 8 aromatic carbocycles. The molecule has 10 aromatic rings. The number of carbonyl (C=O) groups is 1. The number of amides is 1. The molecule has 2 heterocycles. The van der Waals surface area contributed by atoms with Gasteiger partial charge in [-0.15, -0.1) is 0 Å². The first-order valence-electron chi connectivity index (χ1n) is 24.9. The number of benzene rings is 8. The number of aromatic nitrogens is 2. The van der Waals surface area contributed by atoms with Crippen LogP contribution in [0.4, 0.5) is 24.8 Å². The van der Waals surface area contributed by atoms with Gasteiger partial charge in [0.25, 0.3) is 0 Å². The van der Waals surface area contributed by atoms with Gasteiger partial charge in [-0.2, -0.15) is 10.5 Å². The van der Waals surface area contributed by atoms with Gasteiger partial charge in [-0.25, -0.2) is 27.1 Å². The van der Waals surface area contributed by atoms with Crippen LogP contribution in [0, 0.1) is 40.1 Å². The lowest BCUT2D eigenvalue weighted by molar-refractivity contribution is -0.126. The predicted octanol–water partition coefficient (Wildman–Crippen LogP) is 19.4. The molecule has 92 heavy (non-hydrogen) atoms. The minimum absolute atomic E-state index is 0.00309. The summed E-state index contributed by atoms with van der Waals surface area (Å²) in [7, 11) is -3.49. The van der Waals surface area contributed by atoms with Gasteiger partial charge in [0.1, 0.15) is 66.7 Å². The molecule has 0 saturated heterocycles. The minimum Gasteiger partial charge on any atom is -0.487 e. The average Bonchev–Trinajstić information content (AvgIpc) is 1.78. The number of halogens is 15. The summed E-state index contributed by atoms with van der Waals surface area (Å²) in [6.45, 7) is 1.88. The number of nitrogens with one attached hydrogen (secondary N) is 2. The molecule has 0 fully saturated rings. The maximum absolute atomic E-state index is 13.5. The van der Waals surface area contributed by atoms with E-state index in [1.165, 1.54) is 36.7 Å². The van der Waals surface area contributed by atoms with Gasteiger partial charge in [0.2, 0.25) is 15.9 Å². The second-order valence-electron chi connectivity index (χ2n) is 17.9. The number of hydroxylamine groups is 1. The van der Waals surface area contributed by atoms with Crippen LogP contribution in [0.5, 0.6) is 17.2 Å². The smallest absolute Gasteiger partial charge is 0.240 e.